The monoisotopic (exact) mass is 450 g/mol. The first-order valence-electron chi connectivity index (χ1n) is 10.5. The number of esters is 1. The molecule has 0 spiro atoms. The highest BCUT2D eigenvalue weighted by molar-refractivity contribution is 6.00. The molecule has 0 aliphatic carbocycles. The second-order valence-corrected chi connectivity index (χ2v) is 7.84. The van der Waals surface area contributed by atoms with Crippen LogP contribution in [0.15, 0.2) is 53.1 Å². The number of ether oxygens (including phenoxy) is 2. The van der Waals surface area contributed by atoms with Crippen LogP contribution in [0.25, 0.3) is 0 Å². The Morgan fingerprint density at radius 2 is 1.61 bits per heavy atom. The van der Waals surface area contributed by atoms with Gasteiger partial charge < -0.3 is 19.3 Å². The molecule has 0 bridgehead atoms. The molecule has 3 rings (SSSR count). The average Bonchev–Trinajstić information content (AvgIpc) is 3.13. The van der Waals surface area contributed by atoms with Gasteiger partial charge in [-0.3, -0.25) is 9.59 Å². The number of ketones is 1. The lowest BCUT2D eigenvalue weighted by molar-refractivity contribution is -0.118. The Hall–Kier alpha value is -3.94. The number of aryl methyl sites for hydroxylation is 2. The number of carbonyl (C=O) groups is 3. The molecule has 8 nitrogen and oxygen atoms in total. The van der Waals surface area contributed by atoms with Gasteiger partial charge in [-0.25, -0.2) is 4.79 Å². The summed E-state index contributed by atoms with van der Waals surface area (Å²) in [5.74, 6) is 0.0714. The second kappa shape index (κ2) is 10.6. The van der Waals surface area contributed by atoms with Crippen LogP contribution in [-0.4, -0.2) is 29.4 Å². The number of aromatic nitrogens is 1. The quantitative estimate of drug-likeness (QED) is 0.378. The fourth-order valence-corrected chi connectivity index (χ4v) is 2.87. The fourth-order valence-electron chi connectivity index (χ4n) is 2.87. The van der Waals surface area contributed by atoms with Crippen LogP contribution >= 0.6 is 0 Å². The number of nitrogens with zero attached hydrogens (tertiary/aromatic N) is 1. The van der Waals surface area contributed by atoms with Crippen LogP contribution in [0.2, 0.25) is 0 Å². The van der Waals surface area contributed by atoms with Gasteiger partial charge in [0.1, 0.15) is 18.1 Å². The van der Waals surface area contributed by atoms with E-state index in [1.165, 1.54) is 0 Å². The van der Waals surface area contributed by atoms with Crippen molar-refractivity contribution in [3.63, 3.8) is 0 Å². The first-order valence-corrected chi connectivity index (χ1v) is 10.5. The van der Waals surface area contributed by atoms with Crippen LogP contribution in [-0.2, 0) is 16.1 Å². The van der Waals surface area contributed by atoms with Crippen molar-refractivity contribution in [1.29, 1.82) is 0 Å². The Morgan fingerprint density at radius 3 is 2.18 bits per heavy atom. The maximum Gasteiger partial charge on any atom is 0.338 e. The molecule has 0 aliphatic heterocycles. The molecular formula is C25H26N2O6. The van der Waals surface area contributed by atoms with E-state index in [0.29, 0.717) is 34.9 Å². The lowest BCUT2D eigenvalue weighted by atomic mass is 10.1. The maximum absolute atomic E-state index is 12.3. The van der Waals surface area contributed by atoms with Crippen LogP contribution in [0, 0.1) is 19.8 Å². The van der Waals surface area contributed by atoms with Gasteiger partial charge in [-0.1, -0.05) is 19.0 Å². The molecule has 0 radical (unpaired) electrons. The lowest BCUT2D eigenvalue weighted by Gasteiger charge is -2.09. The molecule has 0 saturated carbocycles. The minimum absolute atomic E-state index is 0.108. The predicted octanol–water partition coefficient (Wildman–Crippen LogP) is 4.50. The predicted molar refractivity (Wildman–Crippen MR) is 121 cm³/mol. The SMILES string of the molecule is Cc1noc(C)c1COc1ccc(C(=O)OCC(=O)c2ccc(NC(=O)C(C)C)cc2)cc1. The minimum atomic E-state index is -0.610. The van der Waals surface area contributed by atoms with Crippen molar-refractivity contribution in [2.24, 2.45) is 5.92 Å². The zero-order valence-corrected chi connectivity index (χ0v) is 19.0. The van der Waals surface area contributed by atoms with E-state index >= 15 is 0 Å². The Morgan fingerprint density at radius 1 is 0.970 bits per heavy atom. The summed E-state index contributed by atoms with van der Waals surface area (Å²) in [6.45, 7) is 7.17. The number of benzene rings is 2. The molecule has 0 aliphatic rings. The van der Waals surface area contributed by atoms with Gasteiger partial charge in [0.05, 0.1) is 16.8 Å². The normalized spacial score (nSPS) is 10.7. The van der Waals surface area contributed by atoms with Crippen LogP contribution in [0.1, 0.15) is 51.6 Å². The van der Waals surface area contributed by atoms with E-state index in [1.807, 2.05) is 13.8 Å². The lowest BCUT2D eigenvalue weighted by Crippen LogP contribution is -2.18. The molecule has 0 saturated heterocycles. The number of rotatable bonds is 9. The van der Waals surface area contributed by atoms with Crippen molar-refractivity contribution in [2.45, 2.75) is 34.3 Å². The Kier molecular flexibility index (Phi) is 7.61. The third kappa shape index (κ3) is 6.29. The van der Waals surface area contributed by atoms with E-state index in [-0.39, 0.29) is 24.2 Å². The van der Waals surface area contributed by atoms with Crippen LogP contribution in [0.5, 0.6) is 5.75 Å². The molecule has 1 heterocycles. The molecule has 2 aromatic carbocycles. The van der Waals surface area contributed by atoms with E-state index in [9.17, 15) is 14.4 Å². The summed E-state index contributed by atoms with van der Waals surface area (Å²) < 4.78 is 16.0. The molecule has 172 valence electrons. The van der Waals surface area contributed by atoms with Crippen LogP contribution in [0.4, 0.5) is 5.69 Å². The zero-order valence-electron chi connectivity index (χ0n) is 19.0. The maximum atomic E-state index is 12.3. The second-order valence-electron chi connectivity index (χ2n) is 7.84. The zero-order chi connectivity index (χ0) is 24.0. The van der Waals surface area contributed by atoms with Crippen molar-refractivity contribution in [1.82, 2.24) is 5.16 Å². The highest BCUT2D eigenvalue weighted by Crippen LogP contribution is 2.18. The van der Waals surface area contributed by atoms with Crippen molar-refractivity contribution >= 4 is 23.3 Å². The largest absolute Gasteiger partial charge is 0.489 e. The van der Waals surface area contributed by atoms with Crippen molar-refractivity contribution < 1.29 is 28.4 Å². The van der Waals surface area contributed by atoms with Crippen LogP contribution < -0.4 is 10.1 Å². The topological polar surface area (TPSA) is 108 Å². The van der Waals surface area contributed by atoms with Gasteiger partial charge in [-0.15, -0.1) is 0 Å². The van der Waals surface area contributed by atoms with E-state index in [0.717, 1.165) is 11.3 Å². The summed E-state index contributed by atoms with van der Waals surface area (Å²) >= 11 is 0. The van der Waals surface area contributed by atoms with Gasteiger partial charge in [0.15, 0.2) is 12.4 Å². The van der Waals surface area contributed by atoms with E-state index in [4.69, 9.17) is 14.0 Å². The molecule has 0 fully saturated rings. The van der Waals surface area contributed by atoms with Crippen molar-refractivity contribution in [3.8, 4) is 5.75 Å². The molecule has 1 N–H and O–H groups in total. The molecule has 1 aromatic heterocycles. The minimum Gasteiger partial charge on any atom is -0.489 e. The third-order valence-electron chi connectivity index (χ3n) is 4.99. The van der Waals surface area contributed by atoms with Crippen molar-refractivity contribution in [3.05, 3.63) is 76.7 Å². The van der Waals surface area contributed by atoms with Gasteiger partial charge in [0.2, 0.25) is 5.91 Å². The Labute approximate surface area is 191 Å². The number of carbonyl (C=O) groups excluding carboxylic acids is 3. The molecule has 33 heavy (non-hydrogen) atoms. The van der Waals surface area contributed by atoms with Gasteiger partial charge in [0, 0.05) is 17.2 Å². The highest BCUT2D eigenvalue weighted by atomic mass is 16.5. The number of amides is 1. The molecule has 3 aromatic rings. The molecular weight excluding hydrogens is 424 g/mol. The Bertz CT molecular complexity index is 1110. The molecule has 0 unspecified atom stereocenters. The molecule has 8 heteroatoms. The van der Waals surface area contributed by atoms with Gasteiger partial charge in [-0.2, -0.15) is 0 Å². The van der Waals surface area contributed by atoms with Gasteiger partial charge >= 0.3 is 5.97 Å². The summed E-state index contributed by atoms with van der Waals surface area (Å²) in [6.07, 6.45) is 0. The number of anilines is 1. The number of hydrogen-bond donors (Lipinski definition) is 1. The molecule has 0 atom stereocenters. The van der Waals surface area contributed by atoms with E-state index < -0.39 is 5.97 Å². The van der Waals surface area contributed by atoms with E-state index in [2.05, 4.69) is 10.5 Å². The van der Waals surface area contributed by atoms with Gasteiger partial charge in [-0.05, 0) is 62.4 Å². The smallest absolute Gasteiger partial charge is 0.338 e. The Balaban J connectivity index is 1.49. The number of nitrogens with one attached hydrogen (secondary N) is 1. The average molecular weight is 450 g/mol. The summed E-state index contributed by atoms with van der Waals surface area (Å²) in [6, 6.07) is 12.9. The van der Waals surface area contributed by atoms with Gasteiger partial charge in [0.25, 0.3) is 0 Å². The standard InChI is InChI=1S/C25H26N2O6/c1-15(2)24(29)26-20-9-5-18(6-10-20)23(28)14-32-25(30)19-7-11-21(12-8-19)31-13-22-16(3)27-33-17(22)4/h5-12,15H,13-14H2,1-4H3,(H,26,29). The van der Waals surface area contributed by atoms with Crippen LogP contribution in [0.3, 0.4) is 0 Å². The third-order valence-corrected chi connectivity index (χ3v) is 4.99. The first kappa shape index (κ1) is 23.7. The highest BCUT2D eigenvalue weighted by Gasteiger charge is 2.14. The summed E-state index contributed by atoms with van der Waals surface area (Å²) in [4.78, 5) is 36.3. The summed E-state index contributed by atoms with van der Waals surface area (Å²) in [7, 11) is 0. The fraction of sp³-hybridized carbons (Fsp3) is 0.280. The summed E-state index contributed by atoms with van der Waals surface area (Å²) in [5.41, 5.74) is 2.94. The molecule has 1 amide bonds. The number of Topliss-reactive ketones (excluding diaryl/α,β-unsaturated/α-hetero) is 1. The first-order chi connectivity index (χ1) is 15.7. The number of hydrogen-bond acceptors (Lipinski definition) is 7. The summed E-state index contributed by atoms with van der Waals surface area (Å²) in [5, 5.41) is 6.64. The van der Waals surface area contributed by atoms with E-state index in [1.54, 1.807) is 62.4 Å². The van der Waals surface area contributed by atoms with Crippen molar-refractivity contribution in [2.75, 3.05) is 11.9 Å².